The number of nitrogens with zero attached hydrogens (tertiary/aromatic N) is 1. The maximum atomic E-state index is 10.7. The van der Waals surface area contributed by atoms with Gasteiger partial charge in [-0.3, -0.25) is 10.1 Å². The highest BCUT2D eigenvalue weighted by molar-refractivity contribution is 5.44. The van der Waals surface area contributed by atoms with Crippen LogP contribution < -0.4 is 4.74 Å². The Balaban J connectivity index is 2.60. The van der Waals surface area contributed by atoms with E-state index in [4.69, 9.17) is 4.74 Å². The standard InChI is InChI=1S/C15H21NO4/c1-3-4-5-6-7-10-20-15-9-8-13(16(18)19)11-14(15)12(2)17/h3,8-9,11-12,17H,1,4-7,10H2,2H3/t12-/m1/s1. The fraction of sp³-hybridized carbons (Fsp3) is 0.467. The minimum Gasteiger partial charge on any atom is -0.493 e. The Hall–Kier alpha value is -1.88. The summed E-state index contributed by atoms with van der Waals surface area (Å²) in [6, 6.07) is 4.29. The third kappa shape index (κ3) is 5.01. The number of non-ortho nitro benzene ring substituents is 1. The van der Waals surface area contributed by atoms with Crippen molar-refractivity contribution in [3.05, 3.63) is 46.5 Å². The third-order valence-corrected chi connectivity index (χ3v) is 2.96. The fourth-order valence-corrected chi connectivity index (χ4v) is 1.86. The summed E-state index contributed by atoms with van der Waals surface area (Å²) in [6.07, 6.45) is 5.12. The Kier molecular flexibility index (Phi) is 6.73. The molecule has 0 aliphatic carbocycles. The first-order chi connectivity index (χ1) is 9.56. The first kappa shape index (κ1) is 16.2. The molecule has 0 radical (unpaired) electrons. The lowest BCUT2D eigenvalue weighted by molar-refractivity contribution is -0.385. The van der Waals surface area contributed by atoms with Gasteiger partial charge in [0, 0.05) is 17.7 Å². The van der Waals surface area contributed by atoms with Crippen LogP contribution in [0, 0.1) is 10.1 Å². The van der Waals surface area contributed by atoms with Crippen LogP contribution in [0.1, 0.15) is 44.3 Å². The van der Waals surface area contributed by atoms with Crippen LogP contribution in [0.15, 0.2) is 30.9 Å². The molecule has 0 saturated carbocycles. The highest BCUT2D eigenvalue weighted by Gasteiger charge is 2.15. The SMILES string of the molecule is C=CCCCCCOc1ccc([N+](=O)[O-])cc1[C@@H](C)O. The number of ether oxygens (including phenoxy) is 1. The molecule has 0 aliphatic heterocycles. The minimum absolute atomic E-state index is 0.0424. The quantitative estimate of drug-likeness (QED) is 0.323. The van der Waals surface area contributed by atoms with E-state index in [1.165, 1.54) is 12.1 Å². The molecule has 1 rings (SSSR count). The minimum atomic E-state index is -0.800. The Morgan fingerprint density at radius 1 is 1.45 bits per heavy atom. The molecule has 0 aliphatic rings. The molecule has 0 unspecified atom stereocenters. The van der Waals surface area contributed by atoms with Crippen molar-refractivity contribution in [2.24, 2.45) is 0 Å². The normalized spacial score (nSPS) is 11.9. The van der Waals surface area contributed by atoms with Gasteiger partial charge >= 0.3 is 0 Å². The number of aliphatic hydroxyl groups is 1. The molecule has 1 atom stereocenters. The van der Waals surface area contributed by atoms with E-state index in [9.17, 15) is 15.2 Å². The van der Waals surface area contributed by atoms with Crippen LogP contribution in [0.3, 0.4) is 0 Å². The van der Waals surface area contributed by atoms with Gasteiger partial charge in [0.2, 0.25) is 0 Å². The van der Waals surface area contributed by atoms with Crippen molar-refractivity contribution in [3.8, 4) is 5.75 Å². The van der Waals surface area contributed by atoms with E-state index in [1.807, 2.05) is 6.08 Å². The molecule has 0 bridgehead atoms. The summed E-state index contributed by atoms with van der Waals surface area (Å²) in [5, 5.41) is 20.4. The summed E-state index contributed by atoms with van der Waals surface area (Å²) in [7, 11) is 0. The summed E-state index contributed by atoms with van der Waals surface area (Å²) in [6.45, 7) is 5.77. The van der Waals surface area contributed by atoms with Gasteiger partial charge in [-0.25, -0.2) is 0 Å². The second-order valence-electron chi connectivity index (χ2n) is 4.64. The Morgan fingerprint density at radius 2 is 2.20 bits per heavy atom. The van der Waals surface area contributed by atoms with Gasteiger partial charge in [-0.15, -0.1) is 6.58 Å². The number of unbranched alkanes of at least 4 members (excludes halogenated alkanes) is 3. The molecule has 1 N–H and O–H groups in total. The van der Waals surface area contributed by atoms with Gasteiger partial charge < -0.3 is 9.84 Å². The fourth-order valence-electron chi connectivity index (χ4n) is 1.86. The molecule has 110 valence electrons. The molecule has 0 amide bonds. The van der Waals surface area contributed by atoms with Crippen molar-refractivity contribution < 1.29 is 14.8 Å². The second-order valence-corrected chi connectivity index (χ2v) is 4.64. The van der Waals surface area contributed by atoms with Crippen LogP contribution >= 0.6 is 0 Å². The molecule has 0 fully saturated rings. The molecule has 1 aromatic carbocycles. The zero-order valence-corrected chi connectivity index (χ0v) is 11.7. The number of rotatable bonds is 9. The number of hydrogen-bond acceptors (Lipinski definition) is 4. The van der Waals surface area contributed by atoms with Gasteiger partial charge in [0.15, 0.2) is 0 Å². The largest absolute Gasteiger partial charge is 0.493 e. The molecular weight excluding hydrogens is 258 g/mol. The first-order valence-electron chi connectivity index (χ1n) is 6.76. The van der Waals surface area contributed by atoms with Crippen molar-refractivity contribution >= 4 is 5.69 Å². The topological polar surface area (TPSA) is 72.6 Å². The summed E-state index contributed by atoms with van der Waals surface area (Å²) in [5.74, 6) is 0.509. The van der Waals surface area contributed by atoms with Gasteiger partial charge in [0.25, 0.3) is 5.69 Å². The highest BCUT2D eigenvalue weighted by Crippen LogP contribution is 2.29. The summed E-state index contributed by atoms with van der Waals surface area (Å²) in [4.78, 5) is 10.2. The monoisotopic (exact) mass is 279 g/mol. The Morgan fingerprint density at radius 3 is 2.80 bits per heavy atom. The van der Waals surface area contributed by atoms with Crippen molar-refractivity contribution in [3.63, 3.8) is 0 Å². The molecule has 5 nitrogen and oxygen atoms in total. The number of aliphatic hydroxyl groups excluding tert-OH is 1. The zero-order chi connectivity index (χ0) is 15.0. The summed E-state index contributed by atoms with van der Waals surface area (Å²) >= 11 is 0. The number of nitro benzene ring substituents is 1. The molecule has 0 spiro atoms. The maximum absolute atomic E-state index is 10.7. The molecule has 0 aromatic heterocycles. The van der Waals surface area contributed by atoms with Crippen LogP contribution in [0.2, 0.25) is 0 Å². The number of hydrogen-bond donors (Lipinski definition) is 1. The number of allylic oxidation sites excluding steroid dienone is 1. The number of nitro groups is 1. The molecule has 0 saturated heterocycles. The van der Waals surface area contributed by atoms with E-state index in [2.05, 4.69) is 6.58 Å². The lowest BCUT2D eigenvalue weighted by Gasteiger charge is -2.13. The number of benzene rings is 1. The van der Waals surface area contributed by atoms with E-state index in [0.29, 0.717) is 17.9 Å². The van der Waals surface area contributed by atoms with Crippen molar-refractivity contribution in [2.45, 2.75) is 38.7 Å². The first-order valence-corrected chi connectivity index (χ1v) is 6.76. The van der Waals surface area contributed by atoms with Gasteiger partial charge in [-0.05, 0) is 38.7 Å². The second kappa shape index (κ2) is 8.32. The Labute approximate surface area is 119 Å². The van der Waals surface area contributed by atoms with E-state index in [1.54, 1.807) is 13.0 Å². The van der Waals surface area contributed by atoms with E-state index in [0.717, 1.165) is 25.7 Å². The summed E-state index contributed by atoms with van der Waals surface area (Å²) in [5.41, 5.74) is 0.407. The maximum Gasteiger partial charge on any atom is 0.270 e. The van der Waals surface area contributed by atoms with E-state index >= 15 is 0 Å². The van der Waals surface area contributed by atoms with Gasteiger partial charge in [0.05, 0.1) is 17.6 Å². The zero-order valence-electron chi connectivity index (χ0n) is 11.7. The van der Waals surface area contributed by atoms with Crippen molar-refractivity contribution in [1.29, 1.82) is 0 Å². The molecule has 20 heavy (non-hydrogen) atoms. The van der Waals surface area contributed by atoms with Crippen LogP contribution in [0.25, 0.3) is 0 Å². The van der Waals surface area contributed by atoms with Crippen molar-refractivity contribution in [2.75, 3.05) is 6.61 Å². The van der Waals surface area contributed by atoms with Gasteiger partial charge in [-0.2, -0.15) is 0 Å². The smallest absolute Gasteiger partial charge is 0.270 e. The van der Waals surface area contributed by atoms with Crippen LogP contribution in [-0.2, 0) is 0 Å². The Bertz CT molecular complexity index is 457. The van der Waals surface area contributed by atoms with Crippen LogP contribution in [0.4, 0.5) is 5.69 Å². The predicted octanol–water partition coefficient (Wildman–Crippen LogP) is 3.77. The third-order valence-electron chi connectivity index (χ3n) is 2.96. The van der Waals surface area contributed by atoms with E-state index < -0.39 is 11.0 Å². The summed E-state index contributed by atoms with van der Waals surface area (Å²) < 4.78 is 5.60. The van der Waals surface area contributed by atoms with Crippen LogP contribution in [0.5, 0.6) is 5.75 Å². The predicted molar refractivity (Wildman–Crippen MR) is 77.9 cm³/mol. The van der Waals surface area contributed by atoms with Gasteiger partial charge in [0.1, 0.15) is 5.75 Å². The lowest BCUT2D eigenvalue weighted by atomic mass is 10.1. The van der Waals surface area contributed by atoms with Crippen molar-refractivity contribution in [1.82, 2.24) is 0 Å². The van der Waals surface area contributed by atoms with Crippen LogP contribution in [-0.4, -0.2) is 16.6 Å². The lowest BCUT2D eigenvalue weighted by Crippen LogP contribution is -2.03. The average Bonchev–Trinajstić information content (AvgIpc) is 2.42. The van der Waals surface area contributed by atoms with E-state index in [-0.39, 0.29) is 5.69 Å². The molecule has 5 heteroatoms. The molecule has 1 aromatic rings. The average molecular weight is 279 g/mol. The highest BCUT2D eigenvalue weighted by atomic mass is 16.6. The molecule has 0 heterocycles. The molecular formula is C15H21NO4. The van der Waals surface area contributed by atoms with Gasteiger partial charge in [-0.1, -0.05) is 6.08 Å².